The van der Waals surface area contributed by atoms with Crippen LogP contribution in [0.3, 0.4) is 0 Å². The van der Waals surface area contributed by atoms with Crippen LogP contribution >= 0.6 is 11.6 Å². The van der Waals surface area contributed by atoms with Gasteiger partial charge in [-0.1, -0.05) is 24.4 Å². The molecule has 0 spiro atoms. The summed E-state index contributed by atoms with van der Waals surface area (Å²) < 4.78 is 32.1. The minimum atomic E-state index is -3.69. The molecule has 1 N–H and O–H groups in total. The lowest BCUT2D eigenvalue weighted by atomic mass is 10.2. The molecule has 0 aromatic heterocycles. The molecule has 0 heterocycles. The van der Waals surface area contributed by atoms with E-state index in [1.54, 1.807) is 24.3 Å². The lowest BCUT2D eigenvalue weighted by molar-refractivity contribution is -0.123. The van der Waals surface area contributed by atoms with Crippen molar-refractivity contribution in [1.29, 1.82) is 0 Å². The number of ether oxygens (including phenoxy) is 1. The SMILES string of the molecule is CN(c1ccc(OCC(=O)NC2CCCC2)cc1)S(=O)(=O)c1ccc(Cl)cc1. The van der Waals surface area contributed by atoms with Crippen LogP contribution < -0.4 is 14.4 Å². The number of sulfonamides is 1. The van der Waals surface area contributed by atoms with E-state index in [9.17, 15) is 13.2 Å². The molecule has 28 heavy (non-hydrogen) atoms. The van der Waals surface area contributed by atoms with Gasteiger partial charge in [-0.15, -0.1) is 0 Å². The third kappa shape index (κ3) is 4.97. The number of carbonyl (C=O) groups excluding carboxylic acids is 1. The third-order valence-electron chi connectivity index (χ3n) is 4.76. The van der Waals surface area contributed by atoms with Crippen molar-refractivity contribution in [2.24, 2.45) is 0 Å². The molecule has 0 radical (unpaired) electrons. The molecule has 1 amide bonds. The Morgan fingerprint density at radius 2 is 1.71 bits per heavy atom. The van der Waals surface area contributed by atoms with Crippen molar-refractivity contribution < 1.29 is 17.9 Å². The van der Waals surface area contributed by atoms with Gasteiger partial charge in [0.2, 0.25) is 0 Å². The maximum atomic E-state index is 12.7. The van der Waals surface area contributed by atoms with E-state index < -0.39 is 10.0 Å². The molecule has 1 aliphatic rings. The van der Waals surface area contributed by atoms with Crippen LogP contribution in [0.2, 0.25) is 5.02 Å². The average molecular weight is 423 g/mol. The number of hydrogen-bond donors (Lipinski definition) is 1. The van der Waals surface area contributed by atoms with E-state index in [2.05, 4.69) is 5.32 Å². The minimum Gasteiger partial charge on any atom is -0.484 e. The normalized spacial score (nSPS) is 14.6. The predicted octanol–water partition coefficient (Wildman–Crippen LogP) is 3.60. The predicted molar refractivity (Wildman–Crippen MR) is 109 cm³/mol. The highest BCUT2D eigenvalue weighted by Crippen LogP contribution is 2.25. The molecule has 0 aliphatic heterocycles. The van der Waals surface area contributed by atoms with Crippen LogP contribution in [0.4, 0.5) is 5.69 Å². The molecule has 150 valence electrons. The minimum absolute atomic E-state index is 0.0608. The fraction of sp³-hybridized carbons (Fsp3) is 0.350. The van der Waals surface area contributed by atoms with Gasteiger partial charge in [-0.05, 0) is 61.4 Å². The Balaban J connectivity index is 1.60. The second-order valence-electron chi connectivity index (χ2n) is 6.76. The molecular formula is C20H23ClN2O4S. The zero-order valence-corrected chi connectivity index (χ0v) is 17.2. The topological polar surface area (TPSA) is 75.7 Å². The highest BCUT2D eigenvalue weighted by atomic mass is 35.5. The van der Waals surface area contributed by atoms with Crippen molar-refractivity contribution in [2.75, 3.05) is 18.0 Å². The largest absolute Gasteiger partial charge is 0.484 e. The van der Waals surface area contributed by atoms with Crippen molar-refractivity contribution in [3.63, 3.8) is 0 Å². The van der Waals surface area contributed by atoms with Gasteiger partial charge in [-0.25, -0.2) is 8.42 Å². The number of halogens is 1. The molecule has 0 unspecified atom stereocenters. The smallest absolute Gasteiger partial charge is 0.264 e. The second kappa shape index (κ2) is 8.84. The van der Waals surface area contributed by atoms with Crippen molar-refractivity contribution in [3.8, 4) is 5.75 Å². The first-order valence-corrected chi connectivity index (χ1v) is 10.9. The summed E-state index contributed by atoms with van der Waals surface area (Å²) in [7, 11) is -2.21. The highest BCUT2D eigenvalue weighted by Gasteiger charge is 2.21. The molecule has 0 bridgehead atoms. The van der Waals surface area contributed by atoms with E-state index in [-0.39, 0.29) is 23.5 Å². The first kappa shape index (κ1) is 20.5. The van der Waals surface area contributed by atoms with Crippen LogP contribution in [0.5, 0.6) is 5.75 Å². The van der Waals surface area contributed by atoms with Crippen molar-refractivity contribution in [2.45, 2.75) is 36.6 Å². The van der Waals surface area contributed by atoms with Crippen LogP contribution in [0.1, 0.15) is 25.7 Å². The van der Waals surface area contributed by atoms with Crippen LogP contribution in [-0.2, 0) is 14.8 Å². The van der Waals surface area contributed by atoms with Crippen molar-refractivity contribution in [3.05, 3.63) is 53.6 Å². The van der Waals surface area contributed by atoms with Gasteiger partial charge < -0.3 is 10.1 Å². The number of amides is 1. The van der Waals surface area contributed by atoms with Crippen LogP contribution in [0.25, 0.3) is 0 Å². The number of carbonyl (C=O) groups is 1. The molecule has 2 aromatic carbocycles. The first-order valence-electron chi connectivity index (χ1n) is 9.13. The Morgan fingerprint density at radius 1 is 1.11 bits per heavy atom. The van der Waals surface area contributed by atoms with Gasteiger partial charge in [0.25, 0.3) is 15.9 Å². The number of rotatable bonds is 7. The van der Waals surface area contributed by atoms with Gasteiger partial charge in [0, 0.05) is 18.1 Å². The zero-order chi connectivity index (χ0) is 20.1. The summed E-state index contributed by atoms with van der Waals surface area (Å²) in [5.41, 5.74) is 0.484. The van der Waals surface area contributed by atoms with Crippen molar-refractivity contribution >= 4 is 33.2 Å². The Bertz CT molecular complexity index is 908. The van der Waals surface area contributed by atoms with Gasteiger partial charge in [0.1, 0.15) is 5.75 Å². The molecule has 1 fully saturated rings. The molecule has 1 aliphatic carbocycles. The quantitative estimate of drug-likeness (QED) is 0.739. The van der Waals surface area contributed by atoms with E-state index in [4.69, 9.17) is 16.3 Å². The maximum absolute atomic E-state index is 12.7. The third-order valence-corrected chi connectivity index (χ3v) is 6.81. The van der Waals surface area contributed by atoms with Gasteiger partial charge in [-0.3, -0.25) is 9.10 Å². The fourth-order valence-electron chi connectivity index (χ4n) is 3.14. The Labute approximate surface area is 170 Å². The van der Waals surface area contributed by atoms with Crippen LogP contribution in [0, 0.1) is 0 Å². The zero-order valence-electron chi connectivity index (χ0n) is 15.6. The van der Waals surface area contributed by atoms with Crippen LogP contribution in [0.15, 0.2) is 53.4 Å². The van der Waals surface area contributed by atoms with E-state index in [0.29, 0.717) is 16.5 Å². The lowest BCUT2D eigenvalue weighted by Gasteiger charge is -2.20. The van der Waals surface area contributed by atoms with E-state index >= 15 is 0 Å². The summed E-state index contributed by atoms with van der Waals surface area (Å²) in [5.74, 6) is 0.362. The van der Waals surface area contributed by atoms with E-state index in [0.717, 1.165) is 25.7 Å². The van der Waals surface area contributed by atoms with E-state index in [1.165, 1.54) is 35.6 Å². The summed E-state index contributed by atoms with van der Waals surface area (Å²) in [6.45, 7) is -0.0608. The molecule has 3 rings (SSSR count). The lowest BCUT2D eigenvalue weighted by Crippen LogP contribution is -2.36. The van der Waals surface area contributed by atoms with E-state index in [1.807, 2.05) is 0 Å². The number of nitrogens with one attached hydrogen (secondary N) is 1. The molecular weight excluding hydrogens is 400 g/mol. The summed E-state index contributed by atoms with van der Waals surface area (Å²) in [4.78, 5) is 12.1. The second-order valence-corrected chi connectivity index (χ2v) is 9.16. The van der Waals surface area contributed by atoms with Gasteiger partial charge >= 0.3 is 0 Å². The summed E-state index contributed by atoms with van der Waals surface area (Å²) in [6.07, 6.45) is 4.35. The molecule has 8 heteroatoms. The fourth-order valence-corrected chi connectivity index (χ4v) is 4.47. The Morgan fingerprint density at radius 3 is 2.32 bits per heavy atom. The number of anilines is 1. The number of nitrogens with zero attached hydrogens (tertiary/aromatic N) is 1. The number of benzene rings is 2. The molecule has 1 saturated carbocycles. The van der Waals surface area contributed by atoms with Crippen molar-refractivity contribution in [1.82, 2.24) is 5.32 Å². The highest BCUT2D eigenvalue weighted by molar-refractivity contribution is 7.92. The van der Waals surface area contributed by atoms with Gasteiger partial charge in [0.15, 0.2) is 6.61 Å². The number of hydrogen-bond acceptors (Lipinski definition) is 4. The Kier molecular flexibility index (Phi) is 6.46. The molecule has 2 aromatic rings. The molecule has 0 saturated heterocycles. The molecule has 0 atom stereocenters. The first-order chi connectivity index (χ1) is 13.4. The summed E-state index contributed by atoms with van der Waals surface area (Å²) in [5, 5.41) is 3.43. The Hall–Kier alpha value is -2.25. The maximum Gasteiger partial charge on any atom is 0.264 e. The molecule has 6 nitrogen and oxygen atoms in total. The standard InChI is InChI=1S/C20H23ClN2O4S/c1-23(28(25,26)19-12-6-15(21)7-13-19)17-8-10-18(11-9-17)27-14-20(24)22-16-4-2-3-5-16/h6-13,16H,2-5,14H2,1H3,(H,22,24). The average Bonchev–Trinajstić information content (AvgIpc) is 3.19. The summed E-state index contributed by atoms with van der Waals surface area (Å²) >= 11 is 5.82. The van der Waals surface area contributed by atoms with Gasteiger partial charge in [0.05, 0.1) is 10.6 Å². The van der Waals surface area contributed by atoms with Crippen LogP contribution in [-0.4, -0.2) is 34.0 Å². The summed E-state index contributed by atoms with van der Waals surface area (Å²) in [6, 6.07) is 12.8. The monoisotopic (exact) mass is 422 g/mol. The van der Waals surface area contributed by atoms with Gasteiger partial charge in [-0.2, -0.15) is 0 Å².